The Hall–Kier alpha value is -3.39. The molecule has 26 heavy (non-hydrogen) atoms. The predicted molar refractivity (Wildman–Crippen MR) is 102 cm³/mol. The molecule has 0 aliphatic heterocycles. The summed E-state index contributed by atoms with van der Waals surface area (Å²) in [4.78, 5) is 23.6. The smallest absolute Gasteiger partial charge is 0.267 e. The van der Waals surface area contributed by atoms with Crippen molar-refractivity contribution in [2.24, 2.45) is 0 Å². The van der Waals surface area contributed by atoms with E-state index in [1.165, 1.54) is 24.3 Å². The van der Waals surface area contributed by atoms with E-state index in [4.69, 9.17) is 0 Å². The highest BCUT2D eigenvalue weighted by Crippen LogP contribution is 2.12. The lowest BCUT2D eigenvalue weighted by Gasteiger charge is -2.07. The van der Waals surface area contributed by atoms with Crippen molar-refractivity contribution in [2.75, 3.05) is 11.9 Å². The number of hydrogen-bond donors (Lipinski definition) is 2. The van der Waals surface area contributed by atoms with E-state index in [0.717, 1.165) is 6.42 Å². The summed E-state index contributed by atoms with van der Waals surface area (Å²) in [6.07, 6.45) is 2.21. The Morgan fingerprint density at radius 2 is 1.92 bits per heavy atom. The molecule has 0 fully saturated rings. The Morgan fingerprint density at radius 1 is 1.15 bits per heavy atom. The molecule has 132 valence electrons. The van der Waals surface area contributed by atoms with Crippen LogP contribution in [-0.2, 0) is 11.2 Å². The molecule has 2 rings (SSSR count). The number of anilines is 1. The molecule has 0 bridgehead atoms. The molecule has 0 aliphatic carbocycles. The first kappa shape index (κ1) is 18.9. The molecule has 5 nitrogen and oxygen atoms in total. The monoisotopic (exact) mass is 347 g/mol. The molecular formula is C21H21N3O2. The molecule has 0 aliphatic rings. The van der Waals surface area contributed by atoms with Gasteiger partial charge in [-0.15, -0.1) is 0 Å². The van der Waals surface area contributed by atoms with Crippen LogP contribution in [0.4, 0.5) is 5.69 Å². The fourth-order valence-corrected chi connectivity index (χ4v) is 2.43. The van der Waals surface area contributed by atoms with Crippen molar-refractivity contribution in [3.05, 3.63) is 77.0 Å². The van der Waals surface area contributed by atoms with Crippen LogP contribution in [-0.4, -0.2) is 18.2 Å². The second-order valence-corrected chi connectivity index (χ2v) is 5.89. The number of carbonyl (C=O) groups excluding carboxylic acids is 2. The molecule has 2 aromatic rings. The number of hydrogen-bond acceptors (Lipinski definition) is 4. The molecule has 1 amide bonds. The number of nitrogens with zero attached hydrogens (tertiary/aromatic N) is 1. The van der Waals surface area contributed by atoms with Crippen LogP contribution < -0.4 is 10.6 Å². The van der Waals surface area contributed by atoms with Crippen LogP contribution in [0.25, 0.3) is 0 Å². The maximum Gasteiger partial charge on any atom is 0.267 e. The maximum atomic E-state index is 12.2. The third-order valence-corrected chi connectivity index (χ3v) is 3.94. The number of ketones is 1. The molecule has 2 N–H and O–H groups in total. The van der Waals surface area contributed by atoms with E-state index >= 15 is 0 Å². The van der Waals surface area contributed by atoms with Crippen molar-refractivity contribution >= 4 is 17.4 Å². The summed E-state index contributed by atoms with van der Waals surface area (Å²) >= 11 is 0. The van der Waals surface area contributed by atoms with Crippen LogP contribution in [0.3, 0.4) is 0 Å². The summed E-state index contributed by atoms with van der Waals surface area (Å²) in [6, 6.07) is 16.6. The Morgan fingerprint density at radius 3 is 2.62 bits per heavy atom. The second-order valence-electron chi connectivity index (χ2n) is 5.89. The number of benzene rings is 2. The second kappa shape index (κ2) is 9.19. The molecule has 0 atom stereocenters. The van der Waals surface area contributed by atoms with Gasteiger partial charge in [-0.3, -0.25) is 9.59 Å². The van der Waals surface area contributed by atoms with Crippen LogP contribution in [0.2, 0.25) is 0 Å². The molecular weight excluding hydrogens is 326 g/mol. The van der Waals surface area contributed by atoms with Gasteiger partial charge in [0, 0.05) is 24.0 Å². The van der Waals surface area contributed by atoms with E-state index in [2.05, 4.69) is 29.7 Å². The number of nitriles is 1. The fraction of sp³-hybridized carbons (Fsp3) is 0.190. The third-order valence-electron chi connectivity index (χ3n) is 3.94. The van der Waals surface area contributed by atoms with E-state index in [1.807, 2.05) is 18.2 Å². The lowest BCUT2D eigenvalue weighted by Crippen LogP contribution is -2.18. The van der Waals surface area contributed by atoms with Crippen molar-refractivity contribution < 1.29 is 9.59 Å². The maximum absolute atomic E-state index is 12.2. The Labute approximate surface area is 153 Å². The lowest BCUT2D eigenvalue weighted by molar-refractivity contribution is -0.112. The summed E-state index contributed by atoms with van der Waals surface area (Å²) in [6.45, 7) is 4.12. The van der Waals surface area contributed by atoms with Gasteiger partial charge in [-0.1, -0.05) is 36.4 Å². The van der Waals surface area contributed by atoms with Crippen LogP contribution in [0, 0.1) is 18.3 Å². The number of aryl methyl sites for hydroxylation is 1. The highest BCUT2D eigenvalue weighted by atomic mass is 16.1. The lowest BCUT2D eigenvalue weighted by atomic mass is 10.1. The standard InChI is InChI=1S/C21H21N3O2/c1-15-6-3-4-7-17(15)10-11-23-14-19(13-22)21(26)24-20-9-5-8-18(12-20)16(2)25/h3-9,12,14,23H,10-11H2,1-2H3,(H,24,26)/b19-14-. The molecule has 0 radical (unpaired) electrons. The molecule has 0 heterocycles. The van der Waals surface area contributed by atoms with Gasteiger partial charge in [0.1, 0.15) is 11.6 Å². The molecule has 0 aromatic heterocycles. The van der Waals surface area contributed by atoms with Crippen LogP contribution in [0.5, 0.6) is 0 Å². The normalized spacial score (nSPS) is 10.7. The molecule has 0 saturated heterocycles. The summed E-state index contributed by atoms with van der Waals surface area (Å²) in [7, 11) is 0. The van der Waals surface area contributed by atoms with E-state index in [1.54, 1.807) is 24.3 Å². The highest BCUT2D eigenvalue weighted by molar-refractivity contribution is 6.07. The van der Waals surface area contributed by atoms with E-state index in [-0.39, 0.29) is 11.4 Å². The molecule has 0 saturated carbocycles. The van der Waals surface area contributed by atoms with Crippen molar-refractivity contribution in [3.63, 3.8) is 0 Å². The van der Waals surface area contributed by atoms with E-state index in [0.29, 0.717) is 17.8 Å². The van der Waals surface area contributed by atoms with Gasteiger partial charge in [-0.2, -0.15) is 5.26 Å². The number of rotatable bonds is 7. The minimum absolute atomic E-state index is 0.0250. The third kappa shape index (κ3) is 5.32. The van der Waals surface area contributed by atoms with Gasteiger partial charge in [-0.05, 0) is 43.5 Å². The minimum atomic E-state index is -0.517. The van der Waals surface area contributed by atoms with Crippen LogP contribution >= 0.6 is 0 Å². The van der Waals surface area contributed by atoms with Crippen LogP contribution in [0.15, 0.2) is 60.3 Å². The molecule has 0 unspecified atom stereocenters. The minimum Gasteiger partial charge on any atom is -0.389 e. The number of Topliss-reactive ketones (excluding diaryl/α,β-unsaturated/α-hetero) is 1. The average molecular weight is 347 g/mol. The van der Waals surface area contributed by atoms with E-state index in [9.17, 15) is 14.9 Å². The first-order valence-electron chi connectivity index (χ1n) is 8.32. The topological polar surface area (TPSA) is 82.0 Å². The Kier molecular flexibility index (Phi) is 6.69. The number of amides is 1. The first-order valence-corrected chi connectivity index (χ1v) is 8.32. The van der Waals surface area contributed by atoms with E-state index < -0.39 is 5.91 Å². The predicted octanol–water partition coefficient (Wildman–Crippen LogP) is 3.38. The van der Waals surface area contributed by atoms with Crippen LogP contribution in [0.1, 0.15) is 28.4 Å². The summed E-state index contributed by atoms with van der Waals surface area (Å²) in [5.74, 6) is -0.605. The van der Waals surface area contributed by atoms with Crippen molar-refractivity contribution in [3.8, 4) is 6.07 Å². The quantitative estimate of drug-likeness (QED) is 0.348. The summed E-state index contributed by atoms with van der Waals surface area (Å²) in [5, 5.41) is 14.8. The van der Waals surface area contributed by atoms with Gasteiger partial charge >= 0.3 is 0 Å². The van der Waals surface area contributed by atoms with Gasteiger partial charge < -0.3 is 10.6 Å². The van der Waals surface area contributed by atoms with Crippen molar-refractivity contribution in [1.82, 2.24) is 5.32 Å². The largest absolute Gasteiger partial charge is 0.389 e. The Balaban J connectivity index is 1.94. The zero-order valence-corrected chi connectivity index (χ0v) is 14.9. The summed E-state index contributed by atoms with van der Waals surface area (Å²) < 4.78 is 0. The van der Waals surface area contributed by atoms with Gasteiger partial charge in [0.2, 0.25) is 0 Å². The number of nitrogens with one attached hydrogen (secondary N) is 2. The zero-order valence-electron chi connectivity index (χ0n) is 14.9. The number of carbonyl (C=O) groups is 2. The van der Waals surface area contributed by atoms with Gasteiger partial charge in [0.05, 0.1) is 0 Å². The molecule has 2 aromatic carbocycles. The van der Waals surface area contributed by atoms with Crippen molar-refractivity contribution in [1.29, 1.82) is 5.26 Å². The average Bonchev–Trinajstić information content (AvgIpc) is 2.63. The summed E-state index contributed by atoms with van der Waals surface area (Å²) in [5.41, 5.74) is 3.38. The van der Waals surface area contributed by atoms with Gasteiger partial charge in [-0.25, -0.2) is 0 Å². The first-order chi connectivity index (χ1) is 12.5. The highest BCUT2D eigenvalue weighted by Gasteiger charge is 2.10. The fourth-order valence-electron chi connectivity index (χ4n) is 2.43. The molecule has 5 heteroatoms. The SMILES string of the molecule is CC(=O)c1cccc(NC(=O)/C(C#N)=C\NCCc2ccccc2C)c1. The zero-order chi connectivity index (χ0) is 18.9. The van der Waals surface area contributed by atoms with Gasteiger partial charge in [0.15, 0.2) is 5.78 Å². The molecule has 0 spiro atoms. The Bertz CT molecular complexity index is 879. The van der Waals surface area contributed by atoms with Gasteiger partial charge in [0.25, 0.3) is 5.91 Å². The van der Waals surface area contributed by atoms with Crippen molar-refractivity contribution in [2.45, 2.75) is 20.3 Å².